The highest BCUT2D eigenvalue weighted by molar-refractivity contribution is 14.0. The summed E-state index contributed by atoms with van der Waals surface area (Å²) in [7, 11) is 1.69. The number of hydrogen-bond acceptors (Lipinski definition) is 2. The first-order valence-corrected chi connectivity index (χ1v) is 7.27. The van der Waals surface area contributed by atoms with Gasteiger partial charge in [0.25, 0.3) is 0 Å². The number of nitrogens with two attached hydrogens (primary N) is 1. The molecule has 0 aromatic heterocycles. The molecule has 0 heterocycles. The molecule has 1 aliphatic carbocycles. The minimum Gasteiger partial charge on any atom is -0.383 e. The topological polar surface area (TPSA) is 59.6 Å². The normalized spacial score (nSPS) is 18.7. The lowest BCUT2D eigenvalue weighted by molar-refractivity contribution is 0.179. The van der Waals surface area contributed by atoms with Crippen LogP contribution in [0, 0.1) is 5.92 Å². The Labute approximate surface area is 135 Å². The molecule has 114 valence electrons. The van der Waals surface area contributed by atoms with Gasteiger partial charge in [-0.1, -0.05) is 32.1 Å². The molecule has 19 heavy (non-hydrogen) atoms. The fourth-order valence-electron chi connectivity index (χ4n) is 2.65. The van der Waals surface area contributed by atoms with Gasteiger partial charge in [0.15, 0.2) is 5.96 Å². The largest absolute Gasteiger partial charge is 0.383 e. The molecule has 5 heteroatoms. The van der Waals surface area contributed by atoms with E-state index in [4.69, 9.17) is 10.5 Å². The Bertz CT molecular complexity index is 243. The van der Waals surface area contributed by atoms with Crippen LogP contribution in [0.15, 0.2) is 4.99 Å². The molecule has 0 aliphatic heterocycles. The van der Waals surface area contributed by atoms with E-state index in [0.29, 0.717) is 12.6 Å². The Balaban J connectivity index is 0.00000324. The number of ether oxygens (including phenoxy) is 1. The van der Waals surface area contributed by atoms with E-state index < -0.39 is 0 Å². The van der Waals surface area contributed by atoms with Crippen molar-refractivity contribution in [1.29, 1.82) is 0 Å². The monoisotopic (exact) mass is 383 g/mol. The molecular formula is C14H30IN3O. The Morgan fingerprint density at radius 1 is 1.37 bits per heavy atom. The van der Waals surface area contributed by atoms with E-state index in [9.17, 15) is 0 Å². The highest BCUT2D eigenvalue weighted by Gasteiger charge is 2.12. The fraction of sp³-hybridized carbons (Fsp3) is 0.929. The van der Waals surface area contributed by atoms with Crippen molar-refractivity contribution in [2.45, 2.75) is 57.9 Å². The summed E-state index contributed by atoms with van der Waals surface area (Å²) in [5.74, 6) is 1.48. The molecule has 1 saturated carbocycles. The molecule has 0 spiro atoms. The van der Waals surface area contributed by atoms with E-state index in [1.165, 1.54) is 38.5 Å². The van der Waals surface area contributed by atoms with Crippen molar-refractivity contribution in [2.75, 3.05) is 20.3 Å². The summed E-state index contributed by atoms with van der Waals surface area (Å²) in [6, 6.07) is 0.220. The van der Waals surface area contributed by atoms with E-state index in [1.54, 1.807) is 7.11 Å². The molecular weight excluding hydrogens is 353 g/mol. The maximum atomic E-state index is 5.81. The number of nitrogens with zero attached hydrogens (tertiary/aromatic N) is 1. The minimum absolute atomic E-state index is 0. The summed E-state index contributed by atoms with van der Waals surface area (Å²) in [4.78, 5) is 4.36. The first-order valence-electron chi connectivity index (χ1n) is 7.27. The van der Waals surface area contributed by atoms with Gasteiger partial charge in [0.2, 0.25) is 0 Å². The average Bonchev–Trinajstić information content (AvgIpc) is 2.36. The summed E-state index contributed by atoms with van der Waals surface area (Å²) < 4.78 is 5.04. The average molecular weight is 383 g/mol. The van der Waals surface area contributed by atoms with Gasteiger partial charge in [-0.3, -0.25) is 4.99 Å². The number of methoxy groups -OCH3 is 1. The van der Waals surface area contributed by atoms with Crippen molar-refractivity contribution in [3.63, 3.8) is 0 Å². The van der Waals surface area contributed by atoms with Crippen LogP contribution in [0.3, 0.4) is 0 Å². The van der Waals surface area contributed by atoms with Crippen molar-refractivity contribution in [1.82, 2.24) is 5.32 Å². The van der Waals surface area contributed by atoms with Crippen LogP contribution in [-0.4, -0.2) is 32.3 Å². The summed E-state index contributed by atoms with van der Waals surface area (Å²) in [5, 5.41) is 3.12. The molecule has 0 saturated heterocycles. The maximum Gasteiger partial charge on any atom is 0.188 e. The summed E-state index contributed by atoms with van der Waals surface area (Å²) in [5.41, 5.74) is 5.81. The van der Waals surface area contributed by atoms with E-state index in [1.807, 2.05) is 6.92 Å². The zero-order valence-electron chi connectivity index (χ0n) is 12.4. The van der Waals surface area contributed by atoms with E-state index in [2.05, 4.69) is 10.3 Å². The number of aliphatic imine (C=N–C) groups is 1. The maximum absolute atomic E-state index is 5.81. The summed E-state index contributed by atoms with van der Waals surface area (Å²) >= 11 is 0. The van der Waals surface area contributed by atoms with E-state index in [0.717, 1.165) is 18.9 Å². The zero-order valence-corrected chi connectivity index (χ0v) is 14.7. The van der Waals surface area contributed by atoms with Gasteiger partial charge >= 0.3 is 0 Å². The SMILES string of the molecule is COCC(C)NC(N)=NCCCC1CCCCC1.I. The van der Waals surface area contributed by atoms with E-state index in [-0.39, 0.29) is 30.0 Å². The number of halogens is 1. The van der Waals surface area contributed by atoms with Crippen LogP contribution in [0.4, 0.5) is 0 Å². The Morgan fingerprint density at radius 2 is 2.05 bits per heavy atom. The molecule has 1 fully saturated rings. The third kappa shape index (κ3) is 9.49. The highest BCUT2D eigenvalue weighted by atomic mass is 127. The van der Waals surface area contributed by atoms with E-state index >= 15 is 0 Å². The first kappa shape index (κ1) is 19.0. The molecule has 1 atom stereocenters. The van der Waals surface area contributed by atoms with Gasteiger partial charge in [-0.25, -0.2) is 0 Å². The molecule has 0 aromatic carbocycles. The zero-order chi connectivity index (χ0) is 13.2. The molecule has 0 bridgehead atoms. The van der Waals surface area contributed by atoms with Crippen LogP contribution in [0.1, 0.15) is 51.9 Å². The van der Waals surface area contributed by atoms with Crippen LogP contribution in [0.5, 0.6) is 0 Å². The van der Waals surface area contributed by atoms with Gasteiger partial charge < -0.3 is 15.8 Å². The lowest BCUT2D eigenvalue weighted by Crippen LogP contribution is -2.40. The van der Waals surface area contributed by atoms with Crippen LogP contribution >= 0.6 is 24.0 Å². The minimum atomic E-state index is 0. The third-order valence-corrected chi connectivity index (χ3v) is 3.59. The summed E-state index contributed by atoms with van der Waals surface area (Å²) in [6.07, 6.45) is 9.59. The second-order valence-electron chi connectivity index (χ2n) is 5.41. The van der Waals surface area contributed by atoms with Crippen molar-refractivity contribution in [2.24, 2.45) is 16.6 Å². The molecule has 0 aromatic rings. The van der Waals surface area contributed by atoms with Crippen LogP contribution < -0.4 is 11.1 Å². The van der Waals surface area contributed by atoms with Gasteiger partial charge in [-0.2, -0.15) is 0 Å². The van der Waals surface area contributed by atoms with Crippen LogP contribution in [0.25, 0.3) is 0 Å². The lowest BCUT2D eigenvalue weighted by Gasteiger charge is -2.20. The molecule has 1 rings (SSSR count). The molecule has 3 N–H and O–H groups in total. The van der Waals surface area contributed by atoms with Crippen molar-refractivity contribution < 1.29 is 4.74 Å². The van der Waals surface area contributed by atoms with Gasteiger partial charge in [0.1, 0.15) is 0 Å². The Morgan fingerprint density at radius 3 is 2.68 bits per heavy atom. The highest BCUT2D eigenvalue weighted by Crippen LogP contribution is 2.27. The molecule has 1 unspecified atom stereocenters. The second kappa shape index (κ2) is 11.8. The second-order valence-corrected chi connectivity index (χ2v) is 5.41. The quantitative estimate of drug-likeness (QED) is 0.308. The molecule has 0 amide bonds. The van der Waals surface area contributed by atoms with Crippen molar-refractivity contribution in [3.8, 4) is 0 Å². The van der Waals surface area contributed by atoms with Gasteiger partial charge in [-0.05, 0) is 25.7 Å². The van der Waals surface area contributed by atoms with Crippen molar-refractivity contribution in [3.05, 3.63) is 0 Å². The molecule has 4 nitrogen and oxygen atoms in total. The predicted octanol–water partition coefficient (Wildman–Crippen LogP) is 2.90. The Kier molecular flexibility index (Phi) is 11.7. The summed E-state index contributed by atoms with van der Waals surface area (Å²) in [6.45, 7) is 3.53. The predicted molar refractivity (Wildman–Crippen MR) is 92.2 cm³/mol. The van der Waals surface area contributed by atoms with Gasteiger partial charge in [0, 0.05) is 19.7 Å². The lowest BCUT2D eigenvalue weighted by atomic mass is 9.86. The number of guanidine groups is 1. The van der Waals surface area contributed by atoms with Crippen molar-refractivity contribution >= 4 is 29.9 Å². The third-order valence-electron chi connectivity index (χ3n) is 3.59. The van der Waals surface area contributed by atoms with Gasteiger partial charge in [-0.15, -0.1) is 24.0 Å². The smallest absolute Gasteiger partial charge is 0.188 e. The number of hydrogen-bond donors (Lipinski definition) is 2. The van der Waals surface area contributed by atoms with Crippen LogP contribution in [-0.2, 0) is 4.74 Å². The van der Waals surface area contributed by atoms with Gasteiger partial charge in [0.05, 0.1) is 6.61 Å². The molecule has 1 aliphatic rings. The number of rotatable bonds is 7. The number of nitrogens with one attached hydrogen (secondary N) is 1. The standard InChI is InChI=1S/C14H29N3O.HI/c1-12(11-18-2)17-14(15)16-10-6-9-13-7-4-3-5-8-13;/h12-13H,3-11H2,1-2H3,(H3,15,16,17);1H. The first-order chi connectivity index (χ1) is 8.72. The fourth-order valence-corrected chi connectivity index (χ4v) is 2.65. The Hall–Kier alpha value is -0.0400. The molecule has 0 radical (unpaired) electrons. The van der Waals surface area contributed by atoms with Crippen LogP contribution in [0.2, 0.25) is 0 Å².